The third-order valence-corrected chi connectivity index (χ3v) is 7.97. The van der Waals surface area contributed by atoms with E-state index in [0.717, 1.165) is 11.1 Å². The summed E-state index contributed by atoms with van der Waals surface area (Å²) >= 11 is 12.4. The highest BCUT2D eigenvalue weighted by atomic mass is 35.5. The number of aliphatic hydroxyl groups is 1. The molecule has 0 bridgehead atoms. The van der Waals surface area contributed by atoms with Crippen molar-refractivity contribution < 1.29 is 29.3 Å². The highest BCUT2D eigenvalue weighted by Gasteiger charge is 2.48. The highest BCUT2D eigenvalue weighted by molar-refractivity contribution is 6.30. The summed E-state index contributed by atoms with van der Waals surface area (Å²) in [4.78, 5) is 40.8. The fraction of sp³-hybridized carbons (Fsp3) is 0.333. The normalized spacial score (nSPS) is 19.6. The third-order valence-electron chi connectivity index (χ3n) is 7.46. The molecule has 2 amide bonds. The molecule has 3 N–H and O–H groups in total. The van der Waals surface area contributed by atoms with Crippen LogP contribution in [0.4, 0.5) is 0 Å². The summed E-state index contributed by atoms with van der Waals surface area (Å²) in [7, 11) is 0. The number of halogens is 2. The van der Waals surface area contributed by atoms with E-state index in [1.54, 1.807) is 65.6 Å². The maximum atomic E-state index is 14.4. The summed E-state index contributed by atoms with van der Waals surface area (Å²) in [5, 5.41) is 32.0. The van der Waals surface area contributed by atoms with Crippen molar-refractivity contribution >= 4 is 41.0 Å². The van der Waals surface area contributed by atoms with E-state index >= 15 is 0 Å². The Kier molecular flexibility index (Phi) is 11.4. The molecule has 0 aromatic heterocycles. The van der Waals surface area contributed by atoms with Gasteiger partial charge in [-0.1, -0.05) is 72.9 Å². The number of rotatable bonds is 12. The Morgan fingerprint density at radius 2 is 1.59 bits per heavy atom. The maximum Gasteiger partial charge on any atom is 0.306 e. The second-order valence-electron chi connectivity index (χ2n) is 10.7. The van der Waals surface area contributed by atoms with Gasteiger partial charge in [0.1, 0.15) is 18.2 Å². The standard InChI is InChI=1S/C33H33Cl2N3O6/c1-2-3-27(32(42)37-19-26(39)17-29(40)41)38-30(22-8-12-24(34)13-9-22)31(23-10-14-25(35)15-11-23)44-28(33(38)43)16-20-4-6-21(18-36)7-5-20/h4-15,26-28,30-31,39H,2-3,16-17,19H2,1H3,(H,37,42)(H,40,41)/t26-,27-,28+,30-,31+/m0/s1. The van der Waals surface area contributed by atoms with Crippen molar-refractivity contribution in [2.45, 2.75) is 63.0 Å². The molecule has 11 heteroatoms. The number of aliphatic hydroxyl groups excluding tert-OH is 1. The van der Waals surface area contributed by atoms with E-state index in [2.05, 4.69) is 11.4 Å². The molecular weight excluding hydrogens is 605 g/mol. The van der Waals surface area contributed by atoms with Crippen molar-refractivity contribution in [3.05, 3.63) is 105 Å². The number of nitrogens with one attached hydrogen (secondary N) is 1. The molecule has 0 aliphatic carbocycles. The van der Waals surface area contributed by atoms with E-state index < -0.39 is 54.6 Å². The molecule has 4 rings (SSSR count). The fourth-order valence-corrected chi connectivity index (χ4v) is 5.61. The van der Waals surface area contributed by atoms with Crippen LogP contribution in [0.15, 0.2) is 72.8 Å². The number of carboxylic acids is 1. The fourth-order valence-electron chi connectivity index (χ4n) is 5.36. The molecule has 230 valence electrons. The van der Waals surface area contributed by atoms with Gasteiger partial charge >= 0.3 is 5.97 Å². The molecule has 0 spiro atoms. The van der Waals surface area contributed by atoms with Gasteiger partial charge in [-0.3, -0.25) is 14.4 Å². The molecule has 1 saturated heterocycles. The Hall–Kier alpha value is -3.94. The van der Waals surface area contributed by atoms with Gasteiger partial charge in [-0.2, -0.15) is 5.26 Å². The number of nitriles is 1. The molecule has 5 atom stereocenters. The number of amides is 2. The van der Waals surface area contributed by atoms with Gasteiger partial charge < -0.3 is 25.2 Å². The Bertz CT molecular complexity index is 1490. The van der Waals surface area contributed by atoms with Crippen LogP contribution in [-0.4, -0.2) is 57.7 Å². The van der Waals surface area contributed by atoms with Crippen LogP contribution in [0, 0.1) is 11.3 Å². The Morgan fingerprint density at radius 3 is 2.14 bits per heavy atom. The van der Waals surface area contributed by atoms with Crippen molar-refractivity contribution in [3.8, 4) is 6.07 Å². The SMILES string of the molecule is CCC[C@@H](C(=O)NC[C@@H](O)CC(=O)O)N1C(=O)[C@@H](Cc2ccc(C#N)cc2)O[C@H](c2ccc(Cl)cc2)[C@@H]1c1ccc(Cl)cc1. The minimum absolute atomic E-state index is 0.191. The van der Waals surface area contributed by atoms with Crippen LogP contribution >= 0.6 is 23.2 Å². The monoisotopic (exact) mass is 637 g/mol. The molecule has 1 aliphatic rings. The lowest BCUT2D eigenvalue weighted by Crippen LogP contribution is -2.59. The van der Waals surface area contributed by atoms with Crippen molar-refractivity contribution in [2.24, 2.45) is 0 Å². The van der Waals surface area contributed by atoms with Crippen LogP contribution < -0.4 is 5.32 Å². The first kappa shape index (κ1) is 33.0. The summed E-state index contributed by atoms with van der Waals surface area (Å²) in [6.45, 7) is 1.61. The molecule has 0 saturated carbocycles. The molecule has 3 aromatic carbocycles. The largest absolute Gasteiger partial charge is 0.481 e. The number of carbonyl (C=O) groups excluding carboxylic acids is 2. The van der Waals surface area contributed by atoms with Gasteiger partial charge in [0.15, 0.2) is 0 Å². The van der Waals surface area contributed by atoms with Crippen LogP contribution in [0.1, 0.15) is 60.6 Å². The van der Waals surface area contributed by atoms with Crippen molar-refractivity contribution in [3.63, 3.8) is 0 Å². The first-order valence-electron chi connectivity index (χ1n) is 14.3. The summed E-state index contributed by atoms with van der Waals surface area (Å²) < 4.78 is 6.59. The minimum Gasteiger partial charge on any atom is -0.481 e. The smallest absolute Gasteiger partial charge is 0.306 e. The van der Waals surface area contributed by atoms with E-state index in [9.17, 15) is 24.8 Å². The Balaban J connectivity index is 1.80. The lowest BCUT2D eigenvalue weighted by atomic mass is 9.88. The van der Waals surface area contributed by atoms with Crippen molar-refractivity contribution in [1.29, 1.82) is 5.26 Å². The molecule has 0 radical (unpaired) electrons. The molecular formula is C33H33Cl2N3O6. The molecule has 1 heterocycles. The number of benzene rings is 3. The maximum absolute atomic E-state index is 14.4. The summed E-state index contributed by atoms with van der Waals surface area (Å²) in [5.74, 6) is -2.11. The van der Waals surface area contributed by atoms with Crippen LogP contribution in [0.2, 0.25) is 10.0 Å². The Labute approximate surface area is 266 Å². The third kappa shape index (κ3) is 8.16. The molecule has 3 aromatic rings. The number of aliphatic carboxylic acids is 1. The number of hydrogen-bond acceptors (Lipinski definition) is 6. The zero-order valence-electron chi connectivity index (χ0n) is 24.0. The second kappa shape index (κ2) is 15.2. The first-order valence-corrected chi connectivity index (χ1v) is 15.0. The average Bonchev–Trinajstić information content (AvgIpc) is 3.00. The molecule has 44 heavy (non-hydrogen) atoms. The molecule has 1 aliphatic heterocycles. The van der Waals surface area contributed by atoms with E-state index in [1.165, 1.54) is 0 Å². The van der Waals surface area contributed by atoms with Crippen LogP contribution in [0.3, 0.4) is 0 Å². The number of ether oxygens (including phenoxy) is 1. The van der Waals surface area contributed by atoms with Gasteiger partial charge in [-0.05, 0) is 59.5 Å². The van der Waals surface area contributed by atoms with Crippen LogP contribution in [0.5, 0.6) is 0 Å². The second-order valence-corrected chi connectivity index (χ2v) is 11.5. The molecule has 0 unspecified atom stereocenters. The predicted octanol–water partition coefficient (Wildman–Crippen LogP) is 5.24. The van der Waals surface area contributed by atoms with Gasteiger partial charge in [-0.15, -0.1) is 0 Å². The summed E-state index contributed by atoms with van der Waals surface area (Å²) in [6.07, 6.45) is -2.47. The quantitative estimate of drug-likeness (QED) is 0.247. The van der Waals surface area contributed by atoms with Crippen LogP contribution in [-0.2, 0) is 25.5 Å². The van der Waals surface area contributed by atoms with Crippen LogP contribution in [0.25, 0.3) is 0 Å². The molecule has 1 fully saturated rings. The number of carboxylic acid groups (broad SMARTS) is 1. The zero-order valence-corrected chi connectivity index (χ0v) is 25.5. The van der Waals surface area contributed by atoms with E-state index in [4.69, 9.17) is 33.0 Å². The van der Waals surface area contributed by atoms with Crippen molar-refractivity contribution in [1.82, 2.24) is 10.2 Å². The molecule has 9 nitrogen and oxygen atoms in total. The van der Waals surface area contributed by atoms with Gasteiger partial charge in [0.2, 0.25) is 5.91 Å². The van der Waals surface area contributed by atoms with E-state index in [0.29, 0.717) is 34.0 Å². The van der Waals surface area contributed by atoms with Gasteiger partial charge in [0.05, 0.1) is 30.2 Å². The lowest BCUT2D eigenvalue weighted by molar-refractivity contribution is -0.181. The summed E-state index contributed by atoms with van der Waals surface area (Å²) in [5.41, 5.74) is 2.69. The number of morpholine rings is 1. The number of nitrogens with zero attached hydrogens (tertiary/aromatic N) is 2. The summed E-state index contributed by atoms with van der Waals surface area (Å²) in [6, 6.07) is 21.3. The lowest BCUT2D eigenvalue weighted by Gasteiger charge is -2.47. The van der Waals surface area contributed by atoms with E-state index in [1.807, 2.05) is 19.1 Å². The van der Waals surface area contributed by atoms with Gasteiger partial charge in [-0.25, -0.2) is 0 Å². The average molecular weight is 639 g/mol. The van der Waals surface area contributed by atoms with Crippen molar-refractivity contribution in [2.75, 3.05) is 6.54 Å². The number of carbonyl (C=O) groups is 3. The Morgan fingerprint density at radius 1 is 1.00 bits per heavy atom. The minimum atomic E-state index is -1.29. The van der Waals surface area contributed by atoms with E-state index in [-0.39, 0.29) is 13.0 Å². The highest BCUT2D eigenvalue weighted by Crippen LogP contribution is 2.44. The first-order chi connectivity index (χ1) is 21.1. The van der Waals surface area contributed by atoms with Gasteiger partial charge in [0.25, 0.3) is 5.91 Å². The number of hydrogen-bond donors (Lipinski definition) is 3. The zero-order chi connectivity index (χ0) is 31.8. The van der Waals surface area contributed by atoms with Gasteiger partial charge in [0, 0.05) is 23.0 Å². The predicted molar refractivity (Wildman–Crippen MR) is 165 cm³/mol. The topological polar surface area (TPSA) is 140 Å².